The third-order valence-electron chi connectivity index (χ3n) is 4.51. The third kappa shape index (κ3) is 3.66. The number of sulfonamides is 1. The molecule has 3 N–H and O–H groups in total. The van der Waals surface area contributed by atoms with Crippen LogP contribution in [-0.4, -0.2) is 19.2 Å². The summed E-state index contributed by atoms with van der Waals surface area (Å²) in [6, 6.07) is 11.4. The number of rotatable bonds is 5. The largest absolute Gasteiger partial charge is 0.398 e. The molecule has 0 spiro atoms. The van der Waals surface area contributed by atoms with Crippen LogP contribution in [0.4, 0.5) is 11.4 Å². The number of nitrogens with two attached hydrogens (primary N) is 1. The summed E-state index contributed by atoms with van der Waals surface area (Å²) in [4.78, 5) is 0. The van der Waals surface area contributed by atoms with Gasteiger partial charge in [0.1, 0.15) is 0 Å². The second-order valence-corrected chi connectivity index (χ2v) is 8.71. The molecule has 0 radical (unpaired) electrons. The van der Waals surface area contributed by atoms with Gasteiger partial charge >= 0.3 is 0 Å². The predicted molar refractivity (Wildman–Crippen MR) is 110 cm³/mol. The van der Waals surface area contributed by atoms with Crippen molar-refractivity contribution < 1.29 is 8.42 Å². The number of benzene rings is 2. The zero-order chi connectivity index (χ0) is 19.1. The van der Waals surface area contributed by atoms with Crippen LogP contribution in [-0.2, 0) is 10.0 Å². The van der Waals surface area contributed by atoms with Crippen molar-refractivity contribution in [1.29, 1.82) is 0 Å². The molecule has 0 aliphatic carbocycles. The Bertz CT molecular complexity index is 1070. The summed E-state index contributed by atoms with van der Waals surface area (Å²) >= 11 is 6.20. The van der Waals surface area contributed by atoms with Gasteiger partial charge in [-0.25, -0.2) is 8.42 Å². The second-order valence-electron chi connectivity index (χ2n) is 6.55. The van der Waals surface area contributed by atoms with E-state index in [4.69, 9.17) is 17.3 Å². The highest BCUT2D eigenvalue weighted by Gasteiger charge is 2.15. The van der Waals surface area contributed by atoms with E-state index in [2.05, 4.69) is 29.3 Å². The SMILES string of the molecule is CC[C@@H](C)n1cc(-c2ccc(N)c(Cl)c2)c2ccc(NS(C)(=O)=O)cc21. The summed E-state index contributed by atoms with van der Waals surface area (Å²) in [7, 11) is -3.33. The van der Waals surface area contributed by atoms with Crippen molar-refractivity contribution >= 4 is 43.9 Å². The Hall–Kier alpha value is -2.18. The molecule has 5 nitrogen and oxygen atoms in total. The molecule has 7 heteroatoms. The zero-order valence-electron chi connectivity index (χ0n) is 15.0. The minimum absolute atomic E-state index is 0.268. The predicted octanol–water partition coefficient (Wildman–Crippen LogP) is 4.89. The van der Waals surface area contributed by atoms with Crippen LogP contribution in [0.1, 0.15) is 26.3 Å². The minimum Gasteiger partial charge on any atom is -0.398 e. The molecule has 138 valence electrons. The third-order valence-corrected chi connectivity index (χ3v) is 5.45. The summed E-state index contributed by atoms with van der Waals surface area (Å²) in [5, 5.41) is 1.55. The Morgan fingerprint density at radius 2 is 1.96 bits per heavy atom. The number of halogens is 1. The van der Waals surface area contributed by atoms with Gasteiger partial charge in [-0.05, 0) is 43.2 Å². The molecule has 0 fully saturated rings. The molecule has 26 heavy (non-hydrogen) atoms. The minimum atomic E-state index is -3.33. The molecule has 0 unspecified atom stereocenters. The monoisotopic (exact) mass is 391 g/mol. The van der Waals surface area contributed by atoms with E-state index in [1.54, 1.807) is 12.1 Å². The first-order valence-corrected chi connectivity index (χ1v) is 10.6. The average Bonchev–Trinajstić information content (AvgIpc) is 2.94. The molecule has 0 aliphatic heterocycles. The summed E-state index contributed by atoms with van der Waals surface area (Å²) in [6.07, 6.45) is 4.19. The second kappa shape index (κ2) is 6.85. The Morgan fingerprint density at radius 1 is 1.23 bits per heavy atom. The first-order valence-electron chi connectivity index (χ1n) is 8.37. The van der Waals surface area contributed by atoms with Crippen LogP contribution in [0.25, 0.3) is 22.0 Å². The zero-order valence-corrected chi connectivity index (χ0v) is 16.5. The summed E-state index contributed by atoms with van der Waals surface area (Å²) in [6.45, 7) is 4.25. The summed E-state index contributed by atoms with van der Waals surface area (Å²) < 4.78 is 27.8. The fraction of sp³-hybridized carbons (Fsp3) is 0.263. The molecule has 0 bridgehead atoms. The maximum atomic E-state index is 11.6. The van der Waals surface area contributed by atoms with E-state index in [9.17, 15) is 8.42 Å². The summed E-state index contributed by atoms with van der Waals surface area (Å²) in [5.41, 5.74) is 9.89. The van der Waals surface area contributed by atoms with Crippen molar-refractivity contribution in [2.45, 2.75) is 26.3 Å². The van der Waals surface area contributed by atoms with E-state index in [0.717, 1.165) is 34.7 Å². The molecule has 3 rings (SSSR count). The van der Waals surface area contributed by atoms with Gasteiger partial charge in [0.25, 0.3) is 0 Å². The number of nitrogens with zero attached hydrogens (tertiary/aromatic N) is 1. The first kappa shape index (κ1) is 18.6. The Morgan fingerprint density at radius 3 is 2.58 bits per heavy atom. The maximum absolute atomic E-state index is 11.6. The van der Waals surface area contributed by atoms with Gasteiger partial charge in [0.05, 0.1) is 28.2 Å². The van der Waals surface area contributed by atoms with E-state index in [0.29, 0.717) is 16.4 Å². The van der Waals surface area contributed by atoms with Crippen LogP contribution in [0.15, 0.2) is 42.6 Å². The van der Waals surface area contributed by atoms with Gasteiger partial charge in [-0.1, -0.05) is 30.7 Å². The fourth-order valence-electron chi connectivity index (χ4n) is 3.01. The van der Waals surface area contributed by atoms with Crippen LogP contribution >= 0.6 is 11.6 Å². The van der Waals surface area contributed by atoms with Crippen molar-refractivity contribution in [2.24, 2.45) is 0 Å². The highest BCUT2D eigenvalue weighted by Crippen LogP contribution is 2.36. The standard InChI is InChI=1S/C19H22ClN3O2S/c1-4-12(2)23-11-16(13-5-8-18(21)17(20)9-13)15-7-6-14(10-19(15)23)22-26(3,24)25/h5-12,22H,4,21H2,1-3H3/t12-/m1/s1. The van der Waals surface area contributed by atoms with Crippen LogP contribution in [0.5, 0.6) is 0 Å². The molecule has 1 atom stereocenters. The van der Waals surface area contributed by atoms with Crippen molar-refractivity contribution in [3.05, 3.63) is 47.6 Å². The van der Waals surface area contributed by atoms with Gasteiger partial charge < -0.3 is 10.3 Å². The Kier molecular flexibility index (Phi) is 4.90. The molecule has 0 aliphatic rings. The lowest BCUT2D eigenvalue weighted by Gasteiger charge is -2.13. The first-order chi connectivity index (χ1) is 12.2. The van der Waals surface area contributed by atoms with E-state index >= 15 is 0 Å². The normalized spacial score (nSPS) is 13.1. The fourth-order valence-corrected chi connectivity index (χ4v) is 3.75. The Labute approximate surface area is 158 Å². The van der Waals surface area contributed by atoms with E-state index < -0.39 is 10.0 Å². The Balaban J connectivity index is 2.22. The number of aromatic nitrogens is 1. The van der Waals surface area contributed by atoms with E-state index in [1.165, 1.54) is 0 Å². The molecule has 0 saturated heterocycles. The lowest BCUT2D eigenvalue weighted by molar-refractivity contribution is 0.548. The molecule has 1 aromatic heterocycles. The highest BCUT2D eigenvalue weighted by molar-refractivity contribution is 7.92. The molecule has 2 aromatic carbocycles. The van der Waals surface area contributed by atoms with E-state index in [-0.39, 0.29) is 6.04 Å². The van der Waals surface area contributed by atoms with Gasteiger partial charge in [0, 0.05) is 23.2 Å². The maximum Gasteiger partial charge on any atom is 0.229 e. The number of fused-ring (bicyclic) bond motifs is 1. The van der Waals surface area contributed by atoms with Crippen LogP contribution < -0.4 is 10.5 Å². The molecular weight excluding hydrogens is 370 g/mol. The van der Waals surface area contributed by atoms with Crippen molar-refractivity contribution in [3.8, 4) is 11.1 Å². The smallest absolute Gasteiger partial charge is 0.229 e. The summed E-state index contributed by atoms with van der Waals surface area (Å²) in [5.74, 6) is 0. The van der Waals surface area contributed by atoms with Gasteiger partial charge in [0.15, 0.2) is 0 Å². The van der Waals surface area contributed by atoms with Crippen molar-refractivity contribution in [1.82, 2.24) is 4.57 Å². The molecule has 0 amide bonds. The number of anilines is 2. The lowest BCUT2D eigenvalue weighted by Crippen LogP contribution is -2.09. The quantitative estimate of drug-likeness (QED) is 0.608. The number of hydrogen-bond donors (Lipinski definition) is 2. The van der Waals surface area contributed by atoms with Gasteiger partial charge in [-0.3, -0.25) is 4.72 Å². The van der Waals surface area contributed by atoms with Crippen molar-refractivity contribution in [3.63, 3.8) is 0 Å². The van der Waals surface area contributed by atoms with Gasteiger partial charge in [-0.2, -0.15) is 0 Å². The number of nitrogens with one attached hydrogen (secondary N) is 1. The molecule has 0 saturated carbocycles. The van der Waals surface area contributed by atoms with Crippen molar-refractivity contribution in [2.75, 3.05) is 16.7 Å². The molecule has 1 heterocycles. The topological polar surface area (TPSA) is 77.1 Å². The number of nitrogen functional groups attached to an aromatic ring is 1. The van der Waals surface area contributed by atoms with Gasteiger partial charge in [-0.15, -0.1) is 0 Å². The average molecular weight is 392 g/mol. The highest BCUT2D eigenvalue weighted by atomic mass is 35.5. The van der Waals surface area contributed by atoms with Crippen LogP contribution in [0.2, 0.25) is 5.02 Å². The molecule has 3 aromatic rings. The van der Waals surface area contributed by atoms with Gasteiger partial charge in [0.2, 0.25) is 10.0 Å². The lowest BCUT2D eigenvalue weighted by atomic mass is 10.0. The molecular formula is C19H22ClN3O2S. The number of hydrogen-bond acceptors (Lipinski definition) is 3. The van der Waals surface area contributed by atoms with Crippen LogP contribution in [0, 0.1) is 0 Å². The van der Waals surface area contributed by atoms with E-state index in [1.807, 2.05) is 24.3 Å². The van der Waals surface area contributed by atoms with Crippen LogP contribution in [0.3, 0.4) is 0 Å².